The molecule has 0 aromatic heterocycles. The van der Waals surface area contributed by atoms with Crippen LogP contribution in [0.4, 0.5) is 0 Å². The Morgan fingerprint density at radius 1 is 1.57 bits per heavy atom. The Kier molecular flexibility index (Phi) is 2.47. The largest absolute Gasteiger partial charge is 0.380 e. The quantitative estimate of drug-likeness (QED) is 0.555. The van der Waals surface area contributed by atoms with E-state index in [9.17, 15) is 9.90 Å². The number of nitrogens with two attached hydrogens (primary N) is 1. The topological polar surface area (TPSA) is 79.1 Å². The zero-order chi connectivity index (χ0) is 10.2. The van der Waals surface area contributed by atoms with Crippen LogP contribution in [-0.4, -0.2) is 53.9 Å². The van der Waals surface area contributed by atoms with Gasteiger partial charge in [-0.3, -0.25) is 4.79 Å². The molecule has 14 heavy (non-hydrogen) atoms. The van der Waals surface area contributed by atoms with Crippen LogP contribution in [0.25, 0.3) is 0 Å². The minimum atomic E-state index is -1.28. The second-order valence-corrected chi connectivity index (χ2v) is 4.15. The summed E-state index contributed by atoms with van der Waals surface area (Å²) in [5.74, 6) is -0.597. The number of epoxide rings is 1. The number of piperidine rings is 1. The molecule has 0 saturated carbocycles. The summed E-state index contributed by atoms with van der Waals surface area (Å²) < 4.78 is 5.11. The molecule has 3 N–H and O–H groups in total. The fourth-order valence-electron chi connectivity index (χ4n) is 1.81. The Labute approximate surface area is 82.8 Å². The van der Waals surface area contributed by atoms with Crippen molar-refractivity contribution in [3.8, 4) is 0 Å². The number of hydrogen-bond acceptors (Lipinski definition) is 4. The zero-order valence-electron chi connectivity index (χ0n) is 8.11. The van der Waals surface area contributed by atoms with Gasteiger partial charge in [-0.1, -0.05) is 0 Å². The van der Waals surface area contributed by atoms with Gasteiger partial charge in [0.1, 0.15) is 5.60 Å². The van der Waals surface area contributed by atoms with Crippen molar-refractivity contribution in [2.75, 3.05) is 26.2 Å². The van der Waals surface area contributed by atoms with E-state index < -0.39 is 11.5 Å². The predicted molar refractivity (Wildman–Crippen MR) is 49.6 cm³/mol. The predicted octanol–water partition coefficient (Wildman–Crippen LogP) is -1.30. The van der Waals surface area contributed by atoms with E-state index in [0.29, 0.717) is 18.9 Å². The summed E-state index contributed by atoms with van der Waals surface area (Å²) in [6, 6.07) is 0. The van der Waals surface area contributed by atoms with Crippen LogP contribution in [-0.2, 0) is 9.53 Å². The smallest absolute Gasteiger partial charge is 0.249 e. The maximum Gasteiger partial charge on any atom is 0.249 e. The van der Waals surface area contributed by atoms with Gasteiger partial charge in [0, 0.05) is 19.6 Å². The van der Waals surface area contributed by atoms with Crippen LogP contribution in [0.1, 0.15) is 12.8 Å². The molecule has 2 saturated heterocycles. The van der Waals surface area contributed by atoms with E-state index in [-0.39, 0.29) is 0 Å². The molecular weight excluding hydrogens is 184 g/mol. The number of aliphatic hydroxyl groups is 1. The maximum absolute atomic E-state index is 10.9. The normalized spacial score (nSPS) is 31.4. The Hall–Kier alpha value is -0.650. The Balaban J connectivity index is 1.81. The van der Waals surface area contributed by atoms with Crippen molar-refractivity contribution in [2.45, 2.75) is 24.5 Å². The van der Waals surface area contributed by atoms with Gasteiger partial charge in [0.25, 0.3) is 0 Å². The van der Waals surface area contributed by atoms with E-state index in [0.717, 1.165) is 26.2 Å². The SMILES string of the molecule is NC(=O)C1(O)CCN(CC2CO2)CC1. The van der Waals surface area contributed by atoms with Gasteiger partial charge in [-0.2, -0.15) is 0 Å². The molecule has 0 bridgehead atoms. The number of likely N-dealkylation sites (tertiary alicyclic amines) is 1. The van der Waals surface area contributed by atoms with E-state index in [1.165, 1.54) is 0 Å². The van der Waals surface area contributed by atoms with Gasteiger partial charge in [-0.15, -0.1) is 0 Å². The number of amides is 1. The third kappa shape index (κ3) is 2.05. The van der Waals surface area contributed by atoms with Crippen molar-refractivity contribution in [1.82, 2.24) is 4.90 Å². The minimum Gasteiger partial charge on any atom is -0.380 e. The second kappa shape index (κ2) is 3.49. The first-order valence-electron chi connectivity index (χ1n) is 4.96. The lowest BCUT2D eigenvalue weighted by atomic mass is 9.91. The van der Waals surface area contributed by atoms with Gasteiger partial charge < -0.3 is 20.5 Å². The molecule has 2 heterocycles. The lowest BCUT2D eigenvalue weighted by Crippen LogP contribution is -2.52. The summed E-state index contributed by atoms with van der Waals surface area (Å²) in [5.41, 5.74) is 3.85. The van der Waals surface area contributed by atoms with Crippen LogP contribution in [0.15, 0.2) is 0 Å². The summed E-state index contributed by atoms with van der Waals surface area (Å²) in [6.07, 6.45) is 1.25. The average Bonchev–Trinajstić information content (AvgIpc) is 2.93. The number of ether oxygens (including phenoxy) is 1. The lowest BCUT2D eigenvalue weighted by Gasteiger charge is -2.35. The van der Waals surface area contributed by atoms with Crippen molar-refractivity contribution in [3.63, 3.8) is 0 Å². The summed E-state index contributed by atoms with van der Waals surface area (Å²) in [6.45, 7) is 3.20. The van der Waals surface area contributed by atoms with Crippen molar-refractivity contribution in [2.24, 2.45) is 5.73 Å². The maximum atomic E-state index is 10.9. The molecule has 2 fully saturated rings. The van der Waals surface area contributed by atoms with Crippen LogP contribution in [0.5, 0.6) is 0 Å². The average molecular weight is 200 g/mol. The highest BCUT2D eigenvalue weighted by Gasteiger charge is 2.38. The van der Waals surface area contributed by atoms with Crippen LogP contribution < -0.4 is 5.73 Å². The van der Waals surface area contributed by atoms with E-state index >= 15 is 0 Å². The fraction of sp³-hybridized carbons (Fsp3) is 0.889. The molecule has 1 amide bonds. The number of hydrogen-bond donors (Lipinski definition) is 2. The van der Waals surface area contributed by atoms with Gasteiger partial charge in [0.2, 0.25) is 5.91 Å². The molecule has 0 aliphatic carbocycles. The van der Waals surface area contributed by atoms with Crippen molar-refractivity contribution < 1.29 is 14.6 Å². The van der Waals surface area contributed by atoms with E-state index in [1.54, 1.807) is 0 Å². The van der Waals surface area contributed by atoms with Crippen LogP contribution >= 0.6 is 0 Å². The first-order chi connectivity index (χ1) is 6.60. The molecule has 0 spiro atoms. The first-order valence-corrected chi connectivity index (χ1v) is 4.96. The highest BCUT2D eigenvalue weighted by molar-refractivity contribution is 5.83. The van der Waals surface area contributed by atoms with Gasteiger partial charge in [-0.05, 0) is 12.8 Å². The number of primary amides is 1. The molecule has 1 atom stereocenters. The number of carbonyl (C=O) groups excluding carboxylic acids is 1. The monoisotopic (exact) mass is 200 g/mol. The zero-order valence-corrected chi connectivity index (χ0v) is 8.11. The Bertz CT molecular complexity index is 232. The van der Waals surface area contributed by atoms with Crippen LogP contribution in [0, 0.1) is 0 Å². The number of carbonyl (C=O) groups is 1. The standard InChI is InChI=1S/C9H16N2O3/c10-8(12)9(13)1-3-11(4-2-9)5-7-6-14-7/h7,13H,1-6H2,(H2,10,12). The summed E-state index contributed by atoms with van der Waals surface area (Å²) in [5, 5.41) is 9.78. The summed E-state index contributed by atoms with van der Waals surface area (Å²) in [7, 11) is 0. The molecule has 1 unspecified atom stereocenters. The third-order valence-electron chi connectivity index (χ3n) is 3.01. The molecule has 2 aliphatic rings. The van der Waals surface area contributed by atoms with Crippen molar-refractivity contribution in [1.29, 1.82) is 0 Å². The van der Waals surface area contributed by atoms with Gasteiger partial charge in [0.15, 0.2) is 0 Å². The number of rotatable bonds is 3. The highest BCUT2D eigenvalue weighted by Crippen LogP contribution is 2.23. The number of nitrogens with zero attached hydrogens (tertiary/aromatic N) is 1. The van der Waals surface area contributed by atoms with Crippen LogP contribution in [0.3, 0.4) is 0 Å². The van der Waals surface area contributed by atoms with E-state index in [2.05, 4.69) is 4.90 Å². The van der Waals surface area contributed by atoms with E-state index in [4.69, 9.17) is 10.5 Å². The molecular formula is C9H16N2O3. The molecule has 5 nitrogen and oxygen atoms in total. The summed E-state index contributed by atoms with van der Waals surface area (Å²) >= 11 is 0. The van der Waals surface area contributed by atoms with Crippen molar-refractivity contribution in [3.05, 3.63) is 0 Å². The molecule has 0 aromatic carbocycles. The van der Waals surface area contributed by atoms with E-state index in [1.807, 2.05) is 0 Å². The lowest BCUT2D eigenvalue weighted by molar-refractivity contribution is -0.141. The van der Waals surface area contributed by atoms with Crippen molar-refractivity contribution >= 4 is 5.91 Å². The molecule has 80 valence electrons. The molecule has 2 rings (SSSR count). The molecule has 0 radical (unpaired) electrons. The van der Waals surface area contributed by atoms with Gasteiger partial charge >= 0.3 is 0 Å². The first kappa shape index (κ1) is 9.89. The highest BCUT2D eigenvalue weighted by atomic mass is 16.6. The third-order valence-corrected chi connectivity index (χ3v) is 3.01. The molecule has 0 aromatic rings. The fourth-order valence-corrected chi connectivity index (χ4v) is 1.81. The van der Waals surface area contributed by atoms with Gasteiger partial charge in [0.05, 0.1) is 12.7 Å². The second-order valence-electron chi connectivity index (χ2n) is 4.15. The minimum absolute atomic E-state index is 0.370. The molecule has 2 aliphatic heterocycles. The van der Waals surface area contributed by atoms with Crippen LogP contribution in [0.2, 0.25) is 0 Å². The Morgan fingerprint density at radius 3 is 2.57 bits per heavy atom. The summed E-state index contributed by atoms with van der Waals surface area (Å²) in [4.78, 5) is 13.1. The molecule has 5 heteroatoms. The van der Waals surface area contributed by atoms with Gasteiger partial charge in [-0.25, -0.2) is 0 Å². The Morgan fingerprint density at radius 2 is 2.14 bits per heavy atom.